The second kappa shape index (κ2) is 7.23. The normalized spacial score (nSPS) is 16.6. The van der Waals surface area contributed by atoms with Crippen molar-refractivity contribution >= 4 is 29.0 Å². The van der Waals surface area contributed by atoms with E-state index < -0.39 is 17.2 Å². The van der Waals surface area contributed by atoms with Crippen LogP contribution in [0.2, 0.25) is 0 Å². The number of para-hydroxylation sites is 2. The van der Waals surface area contributed by atoms with Gasteiger partial charge in [0.05, 0.1) is 17.1 Å². The third-order valence-corrected chi connectivity index (χ3v) is 4.12. The molecule has 1 aliphatic rings. The second-order valence-corrected chi connectivity index (χ2v) is 6.13. The Morgan fingerprint density at radius 2 is 1.86 bits per heavy atom. The van der Waals surface area contributed by atoms with Gasteiger partial charge in [-0.25, -0.2) is 0 Å². The summed E-state index contributed by atoms with van der Waals surface area (Å²) in [6.45, 7) is 3.46. The van der Waals surface area contributed by atoms with Gasteiger partial charge in [0.25, 0.3) is 0 Å². The van der Waals surface area contributed by atoms with Crippen molar-refractivity contribution in [3.63, 3.8) is 0 Å². The lowest BCUT2D eigenvalue weighted by Gasteiger charge is -2.35. The van der Waals surface area contributed by atoms with Gasteiger partial charge in [0.2, 0.25) is 5.91 Å². The zero-order valence-corrected chi connectivity index (χ0v) is 13.0. The number of amides is 1. The highest BCUT2D eigenvalue weighted by molar-refractivity contribution is 8.00. The van der Waals surface area contributed by atoms with Crippen LogP contribution >= 0.6 is 11.8 Å². The van der Waals surface area contributed by atoms with Crippen LogP contribution in [0.3, 0.4) is 0 Å². The summed E-state index contributed by atoms with van der Waals surface area (Å²) < 4.78 is 36.4. The standard InChI is InChI=1S/C14H18F3N3OS/c1-19-6-8-20(9-7-19)12-5-3-2-4-11(12)18-13(21)10-22-14(15,16)17/h2-5H,6-10H2,1H3,(H,18,21). The topological polar surface area (TPSA) is 35.6 Å². The minimum atomic E-state index is -4.39. The summed E-state index contributed by atoms with van der Waals surface area (Å²) in [5.41, 5.74) is -2.99. The monoisotopic (exact) mass is 333 g/mol. The first-order valence-corrected chi connectivity index (χ1v) is 7.87. The lowest BCUT2D eigenvalue weighted by atomic mass is 10.2. The third-order valence-electron chi connectivity index (χ3n) is 3.39. The number of hydrogen-bond donors (Lipinski definition) is 1. The molecule has 1 saturated heterocycles. The fourth-order valence-corrected chi connectivity index (χ4v) is 2.60. The molecule has 1 fully saturated rings. The van der Waals surface area contributed by atoms with Crippen LogP contribution in [0.5, 0.6) is 0 Å². The Hall–Kier alpha value is -1.41. The van der Waals surface area contributed by atoms with Crippen LogP contribution in [0.25, 0.3) is 0 Å². The maximum Gasteiger partial charge on any atom is 0.442 e. The Balaban J connectivity index is 2.00. The largest absolute Gasteiger partial charge is 0.442 e. The van der Waals surface area contributed by atoms with E-state index in [1.54, 1.807) is 12.1 Å². The molecule has 0 bridgehead atoms. The van der Waals surface area contributed by atoms with Crippen LogP contribution in [0, 0.1) is 0 Å². The number of nitrogens with one attached hydrogen (secondary N) is 1. The number of rotatable bonds is 4. The first-order valence-electron chi connectivity index (χ1n) is 6.88. The lowest BCUT2D eigenvalue weighted by molar-refractivity contribution is -0.114. The van der Waals surface area contributed by atoms with Gasteiger partial charge in [0.15, 0.2) is 0 Å². The van der Waals surface area contributed by atoms with Crippen molar-refractivity contribution in [2.24, 2.45) is 0 Å². The van der Waals surface area contributed by atoms with E-state index in [2.05, 4.69) is 15.1 Å². The summed E-state index contributed by atoms with van der Waals surface area (Å²) in [6.07, 6.45) is 0. The lowest BCUT2D eigenvalue weighted by Crippen LogP contribution is -2.44. The molecule has 0 saturated carbocycles. The van der Waals surface area contributed by atoms with E-state index in [4.69, 9.17) is 0 Å². The first-order chi connectivity index (χ1) is 10.3. The molecule has 1 aromatic carbocycles. The van der Waals surface area contributed by atoms with Gasteiger partial charge in [0, 0.05) is 26.2 Å². The molecule has 8 heteroatoms. The van der Waals surface area contributed by atoms with E-state index in [-0.39, 0.29) is 11.8 Å². The zero-order valence-electron chi connectivity index (χ0n) is 12.2. The molecular formula is C14H18F3N3OS. The molecule has 0 unspecified atom stereocenters. The van der Waals surface area contributed by atoms with E-state index in [0.717, 1.165) is 31.9 Å². The molecule has 1 aromatic rings. The van der Waals surface area contributed by atoms with Gasteiger partial charge in [0.1, 0.15) is 0 Å². The molecule has 0 aliphatic carbocycles. The van der Waals surface area contributed by atoms with E-state index in [9.17, 15) is 18.0 Å². The van der Waals surface area contributed by atoms with Crippen LogP contribution < -0.4 is 10.2 Å². The maximum atomic E-state index is 12.1. The van der Waals surface area contributed by atoms with E-state index in [1.807, 2.05) is 19.2 Å². The number of anilines is 2. The molecule has 1 amide bonds. The van der Waals surface area contributed by atoms with Crippen molar-refractivity contribution in [1.29, 1.82) is 0 Å². The molecule has 22 heavy (non-hydrogen) atoms. The minimum Gasteiger partial charge on any atom is -0.367 e. The van der Waals surface area contributed by atoms with Crippen molar-refractivity contribution in [1.82, 2.24) is 4.90 Å². The number of nitrogens with zero attached hydrogens (tertiary/aromatic N) is 2. The summed E-state index contributed by atoms with van der Waals surface area (Å²) in [6, 6.07) is 7.20. The van der Waals surface area contributed by atoms with Crippen LogP contribution in [0.15, 0.2) is 24.3 Å². The quantitative estimate of drug-likeness (QED) is 0.919. The molecule has 1 heterocycles. The highest BCUT2D eigenvalue weighted by Crippen LogP contribution is 2.31. The van der Waals surface area contributed by atoms with Gasteiger partial charge in [-0.15, -0.1) is 0 Å². The number of alkyl halides is 3. The predicted octanol–water partition coefficient (Wildman–Crippen LogP) is 2.63. The van der Waals surface area contributed by atoms with E-state index in [0.29, 0.717) is 5.69 Å². The highest BCUT2D eigenvalue weighted by atomic mass is 32.2. The number of carbonyl (C=O) groups excluding carboxylic acids is 1. The van der Waals surface area contributed by atoms with Crippen molar-refractivity contribution in [2.45, 2.75) is 5.51 Å². The Bertz CT molecular complexity index is 516. The average molecular weight is 333 g/mol. The SMILES string of the molecule is CN1CCN(c2ccccc2NC(=O)CSC(F)(F)F)CC1. The molecule has 0 aromatic heterocycles. The highest BCUT2D eigenvalue weighted by Gasteiger charge is 2.29. The number of benzene rings is 1. The molecule has 122 valence electrons. The van der Waals surface area contributed by atoms with Crippen LogP contribution in [-0.4, -0.2) is 55.3 Å². The summed E-state index contributed by atoms with van der Waals surface area (Å²) in [5, 5.41) is 2.58. The van der Waals surface area contributed by atoms with Crippen molar-refractivity contribution in [3.8, 4) is 0 Å². The molecule has 1 aliphatic heterocycles. The van der Waals surface area contributed by atoms with Gasteiger partial charge >= 0.3 is 5.51 Å². The second-order valence-electron chi connectivity index (χ2n) is 5.09. The predicted molar refractivity (Wildman–Crippen MR) is 83.3 cm³/mol. The Morgan fingerprint density at radius 1 is 1.23 bits per heavy atom. The van der Waals surface area contributed by atoms with Gasteiger partial charge in [-0.1, -0.05) is 12.1 Å². The van der Waals surface area contributed by atoms with Gasteiger partial charge in [-0.3, -0.25) is 4.79 Å². The van der Waals surface area contributed by atoms with Gasteiger partial charge in [-0.2, -0.15) is 13.2 Å². The van der Waals surface area contributed by atoms with E-state index >= 15 is 0 Å². The minimum absolute atomic E-state index is 0.330. The Morgan fingerprint density at radius 3 is 2.50 bits per heavy atom. The molecule has 4 nitrogen and oxygen atoms in total. The van der Waals surface area contributed by atoms with Gasteiger partial charge in [-0.05, 0) is 30.9 Å². The van der Waals surface area contributed by atoms with Crippen LogP contribution in [0.4, 0.5) is 24.5 Å². The zero-order chi connectivity index (χ0) is 16.2. The molecule has 0 spiro atoms. The summed E-state index contributed by atoms with van der Waals surface area (Å²) in [4.78, 5) is 16.0. The number of halogens is 3. The number of carbonyl (C=O) groups is 1. The van der Waals surface area contributed by atoms with E-state index in [1.165, 1.54) is 0 Å². The van der Waals surface area contributed by atoms with Crippen LogP contribution in [0.1, 0.15) is 0 Å². The third kappa shape index (κ3) is 5.10. The summed E-state index contributed by atoms with van der Waals surface area (Å²) in [7, 11) is 2.04. The molecule has 0 atom stereocenters. The molecule has 1 N–H and O–H groups in total. The Labute approximate surface area is 131 Å². The fourth-order valence-electron chi connectivity index (χ4n) is 2.24. The van der Waals surface area contributed by atoms with Crippen molar-refractivity contribution in [2.75, 3.05) is 49.2 Å². The van der Waals surface area contributed by atoms with Crippen molar-refractivity contribution in [3.05, 3.63) is 24.3 Å². The average Bonchev–Trinajstić information content (AvgIpc) is 2.46. The number of hydrogen-bond acceptors (Lipinski definition) is 4. The van der Waals surface area contributed by atoms with Crippen molar-refractivity contribution < 1.29 is 18.0 Å². The molecule has 0 radical (unpaired) electrons. The number of likely N-dealkylation sites (N-methyl/N-ethyl adjacent to an activating group) is 1. The number of thioether (sulfide) groups is 1. The van der Waals surface area contributed by atoms with Crippen LogP contribution in [-0.2, 0) is 4.79 Å². The number of piperazine rings is 1. The molecular weight excluding hydrogens is 315 g/mol. The molecule has 2 rings (SSSR count). The smallest absolute Gasteiger partial charge is 0.367 e. The van der Waals surface area contributed by atoms with Gasteiger partial charge < -0.3 is 15.1 Å². The Kier molecular flexibility index (Phi) is 5.57. The maximum absolute atomic E-state index is 12.1. The summed E-state index contributed by atoms with van der Waals surface area (Å²) in [5.74, 6) is -1.29. The fraction of sp³-hybridized carbons (Fsp3) is 0.500. The summed E-state index contributed by atoms with van der Waals surface area (Å²) >= 11 is -0.330. The first kappa shape index (κ1) is 17.0.